The summed E-state index contributed by atoms with van der Waals surface area (Å²) in [6.07, 6.45) is 0. The average Bonchev–Trinajstić information content (AvgIpc) is 2.68. The SMILES string of the molecule is CC[NH+]1CCN(c2ccc([N+](=O)[O-])cc2S(=O)(=O)N2CCOCC2)CC1. The lowest BCUT2D eigenvalue weighted by Crippen LogP contribution is -3.14. The van der Waals surface area contributed by atoms with E-state index in [2.05, 4.69) is 6.92 Å². The molecule has 2 fully saturated rings. The molecular weight excluding hydrogens is 360 g/mol. The first-order valence-corrected chi connectivity index (χ1v) is 10.3. The third-order valence-electron chi connectivity index (χ3n) is 5.05. The number of non-ortho nitro benzene ring substituents is 1. The molecule has 26 heavy (non-hydrogen) atoms. The molecule has 0 aliphatic carbocycles. The van der Waals surface area contributed by atoms with E-state index in [1.807, 2.05) is 4.90 Å². The number of rotatable bonds is 5. The lowest BCUT2D eigenvalue weighted by molar-refractivity contribution is -0.898. The summed E-state index contributed by atoms with van der Waals surface area (Å²) in [5.74, 6) is 0. The molecule has 1 aromatic rings. The van der Waals surface area contributed by atoms with Crippen molar-refractivity contribution in [3.63, 3.8) is 0 Å². The zero-order chi connectivity index (χ0) is 18.7. The van der Waals surface area contributed by atoms with Crippen LogP contribution in [0.1, 0.15) is 6.92 Å². The highest BCUT2D eigenvalue weighted by atomic mass is 32.2. The van der Waals surface area contributed by atoms with Crippen LogP contribution in [-0.2, 0) is 14.8 Å². The van der Waals surface area contributed by atoms with E-state index in [0.29, 0.717) is 18.9 Å². The quantitative estimate of drug-likeness (QED) is 0.534. The van der Waals surface area contributed by atoms with E-state index in [9.17, 15) is 18.5 Å². The summed E-state index contributed by atoms with van der Waals surface area (Å²) >= 11 is 0. The Labute approximate surface area is 153 Å². The fraction of sp³-hybridized carbons (Fsp3) is 0.625. The maximum Gasteiger partial charge on any atom is 0.270 e. The molecule has 1 aromatic carbocycles. The summed E-state index contributed by atoms with van der Waals surface area (Å²) in [4.78, 5) is 14.2. The fourth-order valence-corrected chi connectivity index (χ4v) is 5.07. The number of nitrogens with one attached hydrogen (secondary N) is 1. The van der Waals surface area contributed by atoms with Crippen LogP contribution in [-0.4, -0.2) is 76.7 Å². The molecule has 2 aliphatic heterocycles. The lowest BCUT2D eigenvalue weighted by atomic mass is 10.2. The molecule has 3 rings (SSSR count). The molecule has 2 saturated heterocycles. The normalized spacial score (nSPS) is 20.3. The van der Waals surface area contributed by atoms with Crippen LogP contribution in [0.25, 0.3) is 0 Å². The van der Waals surface area contributed by atoms with Gasteiger partial charge in [-0.2, -0.15) is 4.31 Å². The van der Waals surface area contributed by atoms with E-state index >= 15 is 0 Å². The second kappa shape index (κ2) is 7.87. The van der Waals surface area contributed by atoms with Gasteiger partial charge in [-0.1, -0.05) is 0 Å². The Morgan fingerprint density at radius 2 is 1.85 bits per heavy atom. The summed E-state index contributed by atoms with van der Waals surface area (Å²) in [6.45, 7) is 7.66. The topological polar surface area (TPSA) is 97.4 Å². The molecule has 10 heteroatoms. The number of nitro benzene ring substituents is 1. The number of nitro groups is 1. The number of anilines is 1. The summed E-state index contributed by atoms with van der Waals surface area (Å²) in [7, 11) is -3.82. The Morgan fingerprint density at radius 1 is 1.19 bits per heavy atom. The summed E-state index contributed by atoms with van der Waals surface area (Å²) in [5.41, 5.74) is 0.343. The van der Waals surface area contributed by atoms with Gasteiger partial charge in [-0.3, -0.25) is 10.1 Å². The molecule has 0 saturated carbocycles. The van der Waals surface area contributed by atoms with E-state index in [1.54, 1.807) is 6.07 Å². The van der Waals surface area contributed by atoms with Crippen molar-refractivity contribution in [2.75, 3.05) is 63.9 Å². The number of quaternary nitrogens is 1. The molecule has 0 unspecified atom stereocenters. The van der Waals surface area contributed by atoms with Crippen LogP contribution in [0.5, 0.6) is 0 Å². The van der Waals surface area contributed by atoms with Crippen molar-refractivity contribution < 1.29 is 23.0 Å². The minimum Gasteiger partial charge on any atom is -0.379 e. The number of sulfonamides is 1. The highest BCUT2D eigenvalue weighted by Crippen LogP contribution is 2.32. The number of benzene rings is 1. The predicted molar refractivity (Wildman–Crippen MR) is 96.1 cm³/mol. The van der Waals surface area contributed by atoms with Crippen molar-refractivity contribution in [2.24, 2.45) is 0 Å². The molecule has 0 amide bonds. The van der Waals surface area contributed by atoms with Crippen molar-refractivity contribution in [3.05, 3.63) is 28.3 Å². The molecule has 2 aliphatic rings. The summed E-state index contributed by atoms with van der Waals surface area (Å²) < 4.78 is 32.9. The van der Waals surface area contributed by atoms with Crippen LogP contribution >= 0.6 is 0 Å². The van der Waals surface area contributed by atoms with Gasteiger partial charge in [-0.15, -0.1) is 0 Å². The Balaban J connectivity index is 1.98. The Bertz CT molecular complexity index is 756. The molecule has 9 nitrogen and oxygen atoms in total. The number of likely N-dealkylation sites (N-methyl/N-ethyl adjacent to an activating group) is 1. The van der Waals surface area contributed by atoms with E-state index in [4.69, 9.17) is 4.74 Å². The molecule has 0 radical (unpaired) electrons. The Hall–Kier alpha value is -1.75. The first kappa shape index (κ1) is 19.0. The molecule has 2 heterocycles. The van der Waals surface area contributed by atoms with Crippen LogP contribution < -0.4 is 9.80 Å². The first-order valence-electron chi connectivity index (χ1n) is 8.88. The van der Waals surface area contributed by atoms with Gasteiger partial charge in [0.25, 0.3) is 5.69 Å². The Kier molecular flexibility index (Phi) is 5.76. The first-order chi connectivity index (χ1) is 12.4. The maximum absolute atomic E-state index is 13.2. The second-order valence-electron chi connectivity index (χ2n) is 6.52. The van der Waals surface area contributed by atoms with Crippen molar-refractivity contribution in [2.45, 2.75) is 11.8 Å². The van der Waals surface area contributed by atoms with Crippen LogP contribution in [0.3, 0.4) is 0 Å². The summed E-state index contributed by atoms with van der Waals surface area (Å²) in [5, 5.41) is 11.2. The number of ether oxygens (including phenoxy) is 1. The molecule has 1 N–H and O–H groups in total. The summed E-state index contributed by atoms with van der Waals surface area (Å²) in [6, 6.07) is 4.15. The lowest BCUT2D eigenvalue weighted by Gasteiger charge is -2.35. The van der Waals surface area contributed by atoms with Gasteiger partial charge < -0.3 is 14.5 Å². The monoisotopic (exact) mass is 385 g/mol. The smallest absolute Gasteiger partial charge is 0.270 e. The highest BCUT2D eigenvalue weighted by Gasteiger charge is 2.33. The van der Waals surface area contributed by atoms with E-state index in [1.165, 1.54) is 21.3 Å². The maximum atomic E-state index is 13.2. The van der Waals surface area contributed by atoms with Gasteiger partial charge >= 0.3 is 0 Å². The zero-order valence-electron chi connectivity index (χ0n) is 14.9. The largest absolute Gasteiger partial charge is 0.379 e. The van der Waals surface area contributed by atoms with E-state index in [0.717, 1.165) is 32.7 Å². The molecular formula is C16H25N4O5S+. The fourth-order valence-electron chi connectivity index (χ4n) is 3.43. The molecule has 0 spiro atoms. The van der Waals surface area contributed by atoms with Crippen molar-refractivity contribution >= 4 is 21.4 Å². The van der Waals surface area contributed by atoms with Crippen LogP contribution in [0.2, 0.25) is 0 Å². The molecule has 144 valence electrons. The third kappa shape index (κ3) is 3.83. The van der Waals surface area contributed by atoms with Gasteiger partial charge in [0, 0.05) is 25.2 Å². The van der Waals surface area contributed by atoms with Crippen LogP contribution in [0.15, 0.2) is 23.1 Å². The van der Waals surface area contributed by atoms with E-state index in [-0.39, 0.29) is 23.7 Å². The Morgan fingerprint density at radius 3 is 2.42 bits per heavy atom. The predicted octanol–water partition coefficient (Wildman–Crippen LogP) is -0.659. The van der Waals surface area contributed by atoms with Gasteiger partial charge in [-0.25, -0.2) is 8.42 Å². The number of hydrogen-bond acceptors (Lipinski definition) is 6. The second-order valence-corrected chi connectivity index (χ2v) is 8.42. The van der Waals surface area contributed by atoms with Crippen molar-refractivity contribution in [1.82, 2.24) is 4.31 Å². The van der Waals surface area contributed by atoms with Gasteiger partial charge in [0.05, 0.1) is 56.5 Å². The minimum atomic E-state index is -3.82. The van der Waals surface area contributed by atoms with Gasteiger partial charge in [0.1, 0.15) is 4.90 Å². The van der Waals surface area contributed by atoms with Gasteiger partial charge in [0.15, 0.2) is 0 Å². The van der Waals surface area contributed by atoms with Gasteiger partial charge in [-0.05, 0) is 13.0 Å². The molecule has 0 aromatic heterocycles. The number of hydrogen-bond donors (Lipinski definition) is 1. The van der Waals surface area contributed by atoms with Crippen LogP contribution in [0, 0.1) is 10.1 Å². The standard InChI is InChI=1S/C16H24N4O5S/c1-2-17-5-7-18(8-6-17)15-4-3-14(20(21)22)13-16(15)26(23,24)19-9-11-25-12-10-19/h3-4,13H,2,5-12H2,1H3/p+1. The van der Waals surface area contributed by atoms with Crippen molar-refractivity contribution in [1.29, 1.82) is 0 Å². The number of morpholine rings is 1. The van der Waals surface area contributed by atoms with Crippen molar-refractivity contribution in [3.8, 4) is 0 Å². The number of nitrogens with zero attached hydrogens (tertiary/aromatic N) is 3. The zero-order valence-corrected chi connectivity index (χ0v) is 15.7. The van der Waals surface area contributed by atoms with Crippen LogP contribution in [0.4, 0.5) is 11.4 Å². The molecule has 0 bridgehead atoms. The average molecular weight is 385 g/mol. The number of piperazine rings is 1. The highest BCUT2D eigenvalue weighted by molar-refractivity contribution is 7.89. The van der Waals surface area contributed by atoms with Gasteiger partial charge in [0.2, 0.25) is 10.0 Å². The minimum absolute atomic E-state index is 0.0218. The van der Waals surface area contributed by atoms with E-state index < -0.39 is 14.9 Å². The third-order valence-corrected chi connectivity index (χ3v) is 6.98. The molecule has 0 atom stereocenters.